The number of nitrogens with zero attached hydrogens (tertiary/aromatic N) is 1. The lowest BCUT2D eigenvalue weighted by molar-refractivity contribution is 0.101. The molecule has 0 heterocycles. The van der Waals surface area contributed by atoms with Crippen LogP contribution in [0, 0.1) is 23.7 Å². The molecule has 0 aromatic carbocycles. The van der Waals surface area contributed by atoms with Crippen molar-refractivity contribution in [3.63, 3.8) is 0 Å². The van der Waals surface area contributed by atoms with Gasteiger partial charge in [-0.1, -0.05) is 40.5 Å². The third-order valence-electron chi connectivity index (χ3n) is 5.93. The Hall–Kier alpha value is -0.0800. The second-order valence-corrected chi connectivity index (χ2v) is 8.53. The Morgan fingerprint density at radius 1 is 1.00 bits per heavy atom. The van der Waals surface area contributed by atoms with Crippen LogP contribution in [-0.4, -0.2) is 30.1 Å². The fourth-order valence-corrected chi connectivity index (χ4v) is 4.55. The fourth-order valence-electron chi connectivity index (χ4n) is 4.55. The molecule has 2 fully saturated rings. The van der Waals surface area contributed by atoms with Crippen LogP contribution in [0.5, 0.6) is 0 Å². The Kier molecular flexibility index (Phi) is 6.55. The average molecular weight is 295 g/mol. The zero-order valence-corrected chi connectivity index (χ0v) is 14.9. The van der Waals surface area contributed by atoms with Crippen molar-refractivity contribution in [2.45, 2.75) is 84.7 Å². The van der Waals surface area contributed by atoms with Gasteiger partial charge in [-0.05, 0) is 55.8 Å². The zero-order chi connectivity index (χ0) is 15.4. The normalized spacial score (nSPS) is 31.7. The lowest BCUT2D eigenvalue weighted by atomic mass is 9.73. The molecular weight excluding hydrogens is 256 g/mol. The second-order valence-electron chi connectivity index (χ2n) is 8.53. The molecule has 21 heavy (non-hydrogen) atoms. The Morgan fingerprint density at radius 3 is 2.24 bits per heavy atom. The summed E-state index contributed by atoms with van der Waals surface area (Å²) < 4.78 is 0. The number of hydrogen-bond donors (Lipinski definition) is 1. The highest BCUT2D eigenvalue weighted by molar-refractivity contribution is 4.88. The first kappa shape index (κ1) is 17.3. The van der Waals surface area contributed by atoms with Crippen LogP contribution in [0.4, 0.5) is 0 Å². The van der Waals surface area contributed by atoms with Gasteiger partial charge in [-0.3, -0.25) is 4.90 Å². The Morgan fingerprint density at radius 2 is 1.67 bits per heavy atom. The van der Waals surface area contributed by atoms with Crippen molar-refractivity contribution >= 4 is 0 Å². The predicted molar refractivity (Wildman–Crippen MR) is 92.3 cm³/mol. The van der Waals surface area contributed by atoms with E-state index in [0.717, 1.165) is 29.7 Å². The maximum atomic E-state index is 6.49. The highest BCUT2D eigenvalue weighted by Gasteiger charge is 2.33. The van der Waals surface area contributed by atoms with E-state index < -0.39 is 0 Å². The summed E-state index contributed by atoms with van der Waals surface area (Å²) in [7, 11) is 0. The average Bonchev–Trinajstić information content (AvgIpc) is 2.93. The van der Waals surface area contributed by atoms with Crippen LogP contribution < -0.4 is 5.73 Å². The molecule has 0 radical (unpaired) electrons. The van der Waals surface area contributed by atoms with E-state index in [-0.39, 0.29) is 0 Å². The van der Waals surface area contributed by atoms with Crippen molar-refractivity contribution < 1.29 is 0 Å². The quantitative estimate of drug-likeness (QED) is 0.792. The number of nitrogens with two attached hydrogens (primary N) is 1. The monoisotopic (exact) mass is 294 g/mol. The molecule has 2 nitrogen and oxygen atoms in total. The smallest absolute Gasteiger partial charge is 0.00954 e. The first-order valence-corrected chi connectivity index (χ1v) is 9.47. The molecule has 2 rings (SSSR count). The van der Waals surface area contributed by atoms with Gasteiger partial charge in [0.2, 0.25) is 0 Å². The largest absolute Gasteiger partial charge is 0.327 e. The lowest BCUT2D eigenvalue weighted by Gasteiger charge is -2.41. The van der Waals surface area contributed by atoms with Crippen LogP contribution in [0.3, 0.4) is 0 Å². The summed E-state index contributed by atoms with van der Waals surface area (Å²) in [5, 5.41) is 0. The summed E-state index contributed by atoms with van der Waals surface area (Å²) >= 11 is 0. The lowest BCUT2D eigenvalue weighted by Crippen LogP contribution is -2.47. The van der Waals surface area contributed by atoms with E-state index in [2.05, 4.69) is 32.6 Å². The Balaban J connectivity index is 1.96. The SMILES string of the molecule is CC(C)CN(CC1CC(C(C)C)CCC1N)C1CCCC1. The molecule has 0 amide bonds. The number of hydrogen-bond acceptors (Lipinski definition) is 2. The van der Waals surface area contributed by atoms with Crippen LogP contribution in [-0.2, 0) is 0 Å². The topological polar surface area (TPSA) is 29.3 Å². The molecule has 3 unspecified atom stereocenters. The van der Waals surface area contributed by atoms with Gasteiger partial charge in [0, 0.05) is 25.2 Å². The van der Waals surface area contributed by atoms with E-state index >= 15 is 0 Å². The highest BCUT2D eigenvalue weighted by Crippen LogP contribution is 2.35. The maximum absolute atomic E-state index is 6.49. The first-order valence-electron chi connectivity index (χ1n) is 9.47. The first-order chi connectivity index (χ1) is 9.97. The molecule has 2 saturated carbocycles. The van der Waals surface area contributed by atoms with Gasteiger partial charge in [0.05, 0.1) is 0 Å². The highest BCUT2D eigenvalue weighted by atomic mass is 15.2. The summed E-state index contributed by atoms with van der Waals surface area (Å²) in [5.74, 6) is 3.22. The van der Waals surface area contributed by atoms with Gasteiger partial charge >= 0.3 is 0 Å². The van der Waals surface area contributed by atoms with E-state index in [0.29, 0.717) is 6.04 Å². The molecule has 0 spiro atoms. The minimum atomic E-state index is 0.441. The molecule has 0 bridgehead atoms. The third kappa shape index (κ3) is 4.96. The summed E-state index contributed by atoms with van der Waals surface area (Å²) in [6.07, 6.45) is 9.66. The predicted octanol–water partition coefficient (Wildman–Crippen LogP) is 4.29. The van der Waals surface area contributed by atoms with Crippen molar-refractivity contribution in [3.05, 3.63) is 0 Å². The molecular formula is C19H38N2. The van der Waals surface area contributed by atoms with Crippen LogP contribution >= 0.6 is 0 Å². The Labute approximate surface area is 132 Å². The standard InChI is InChI=1S/C19H38N2/c1-14(2)12-21(18-7-5-6-8-18)13-17-11-16(15(3)4)9-10-19(17)20/h14-19H,5-13,20H2,1-4H3. The van der Waals surface area contributed by atoms with Crippen LogP contribution in [0.15, 0.2) is 0 Å². The van der Waals surface area contributed by atoms with Crippen molar-refractivity contribution in [2.75, 3.05) is 13.1 Å². The van der Waals surface area contributed by atoms with E-state index in [4.69, 9.17) is 5.73 Å². The van der Waals surface area contributed by atoms with Crippen molar-refractivity contribution in [2.24, 2.45) is 29.4 Å². The van der Waals surface area contributed by atoms with Crippen molar-refractivity contribution in [3.8, 4) is 0 Å². The summed E-state index contributed by atoms with van der Waals surface area (Å²) in [4.78, 5) is 2.81. The zero-order valence-electron chi connectivity index (χ0n) is 14.9. The van der Waals surface area contributed by atoms with Gasteiger partial charge in [0.25, 0.3) is 0 Å². The summed E-state index contributed by atoms with van der Waals surface area (Å²) in [6.45, 7) is 12.0. The van der Waals surface area contributed by atoms with Gasteiger partial charge in [0.15, 0.2) is 0 Å². The van der Waals surface area contributed by atoms with E-state index in [1.165, 1.54) is 58.0 Å². The van der Waals surface area contributed by atoms with Gasteiger partial charge in [-0.15, -0.1) is 0 Å². The van der Waals surface area contributed by atoms with Crippen LogP contribution in [0.25, 0.3) is 0 Å². The van der Waals surface area contributed by atoms with Gasteiger partial charge in [-0.2, -0.15) is 0 Å². The minimum absolute atomic E-state index is 0.441. The molecule has 0 saturated heterocycles. The van der Waals surface area contributed by atoms with Crippen molar-refractivity contribution in [1.82, 2.24) is 4.90 Å². The second kappa shape index (κ2) is 7.97. The molecule has 0 aromatic heterocycles. The third-order valence-corrected chi connectivity index (χ3v) is 5.93. The van der Waals surface area contributed by atoms with E-state index in [9.17, 15) is 0 Å². The fraction of sp³-hybridized carbons (Fsp3) is 1.00. The molecule has 2 N–H and O–H groups in total. The van der Waals surface area contributed by atoms with Gasteiger partial charge in [-0.25, -0.2) is 0 Å². The summed E-state index contributed by atoms with van der Waals surface area (Å²) in [5.41, 5.74) is 6.49. The molecule has 2 aliphatic rings. The van der Waals surface area contributed by atoms with Crippen molar-refractivity contribution in [1.29, 1.82) is 0 Å². The Bertz CT molecular complexity index is 294. The molecule has 0 aromatic rings. The molecule has 3 atom stereocenters. The van der Waals surface area contributed by atoms with Crippen LogP contribution in [0.1, 0.15) is 72.6 Å². The van der Waals surface area contributed by atoms with E-state index in [1.54, 1.807) is 0 Å². The molecule has 0 aliphatic heterocycles. The minimum Gasteiger partial charge on any atom is -0.327 e. The maximum Gasteiger partial charge on any atom is 0.00954 e. The van der Waals surface area contributed by atoms with Gasteiger partial charge in [0.1, 0.15) is 0 Å². The van der Waals surface area contributed by atoms with Crippen LogP contribution in [0.2, 0.25) is 0 Å². The van der Waals surface area contributed by atoms with E-state index in [1.807, 2.05) is 0 Å². The van der Waals surface area contributed by atoms with Gasteiger partial charge < -0.3 is 5.73 Å². The molecule has 2 aliphatic carbocycles. The molecule has 124 valence electrons. The molecule has 2 heteroatoms. The number of rotatable bonds is 6. The summed E-state index contributed by atoms with van der Waals surface area (Å²) in [6, 6.07) is 1.29.